The topological polar surface area (TPSA) is 107 Å². The number of allylic oxidation sites excluding steroid dienone is 1. The Balaban J connectivity index is 2.28. The molecular weight excluding hydrogens is 346 g/mol. The van der Waals surface area contributed by atoms with E-state index in [1.165, 1.54) is 25.1 Å². The third kappa shape index (κ3) is 2.24. The predicted octanol–water partition coefficient (Wildman–Crippen LogP) is 0.406. The van der Waals surface area contributed by atoms with Crippen molar-refractivity contribution in [2.24, 2.45) is 5.92 Å². The fourth-order valence-electron chi connectivity index (χ4n) is 3.78. The highest BCUT2D eigenvalue weighted by Crippen LogP contribution is 2.48. The highest BCUT2D eigenvalue weighted by Gasteiger charge is 2.67. The quantitative estimate of drug-likeness (QED) is 0.780. The van der Waals surface area contributed by atoms with E-state index in [0.29, 0.717) is 0 Å². The molecule has 8 heteroatoms. The molecule has 1 amide bonds. The molecule has 3 atom stereocenters. The van der Waals surface area contributed by atoms with E-state index in [1.807, 2.05) is 0 Å². The highest BCUT2D eigenvalue weighted by atomic mass is 32.2. The molecule has 2 aliphatic rings. The lowest BCUT2D eigenvalue weighted by atomic mass is 9.76. The van der Waals surface area contributed by atoms with Crippen molar-refractivity contribution < 1.29 is 27.5 Å². The van der Waals surface area contributed by atoms with Gasteiger partial charge in [-0.2, -0.15) is 0 Å². The zero-order valence-electron chi connectivity index (χ0n) is 13.7. The Morgan fingerprint density at radius 1 is 1.24 bits per heavy atom. The average molecular weight is 363 g/mol. The molecule has 1 saturated heterocycles. The van der Waals surface area contributed by atoms with E-state index >= 15 is 0 Å². The van der Waals surface area contributed by atoms with Crippen LogP contribution in [0.2, 0.25) is 0 Å². The summed E-state index contributed by atoms with van der Waals surface area (Å²) >= 11 is 0. The lowest BCUT2D eigenvalue weighted by molar-refractivity contribution is -0.144. The van der Waals surface area contributed by atoms with Gasteiger partial charge in [0.1, 0.15) is 6.04 Å². The van der Waals surface area contributed by atoms with Gasteiger partial charge in [-0.05, 0) is 30.7 Å². The summed E-state index contributed by atoms with van der Waals surface area (Å²) in [6, 6.07) is 6.36. The number of esters is 1. The first-order valence-electron chi connectivity index (χ1n) is 7.67. The van der Waals surface area contributed by atoms with Gasteiger partial charge in [0, 0.05) is 12.3 Å². The van der Waals surface area contributed by atoms with Crippen LogP contribution in [0.3, 0.4) is 0 Å². The summed E-state index contributed by atoms with van der Waals surface area (Å²) in [7, 11) is -3.05. The molecule has 7 nitrogen and oxygen atoms in total. The van der Waals surface area contributed by atoms with E-state index in [1.54, 1.807) is 18.2 Å². The summed E-state index contributed by atoms with van der Waals surface area (Å²) < 4.78 is 29.5. The minimum absolute atomic E-state index is 0.0391. The lowest BCUT2D eigenvalue weighted by Gasteiger charge is -2.36. The number of fused-ring (bicyclic) bond motifs is 1. The predicted molar refractivity (Wildman–Crippen MR) is 87.2 cm³/mol. The van der Waals surface area contributed by atoms with E-state index in [9.17, 15) is 22.8 Å². The van der Waals surface area contributed by atoms with E-state index in [-0.39, 0.29) is 22.7 Å². The SMILES string of the molecule is COC(=O)[C@H]1NC(=O)[C@]2(S(=O)(=O)c3ccccc3)C(C)=CC(=O)C[C@H]12. The Hall–Kier alpha value is -2.48. The van der Waals surface area contributed by atoms with Gasteiger partial charge in [0.25, 0.3) is 0 Å². The van der Waals surface area contributed by atoms with Crippen molar-refractivity contribution in [3.8, 4) is 0 Å². The molecule has 1 aliphatic heterocycles. The second-order valence-electron chi connectivity index (χ2n) is 6.13. The largest absolute Gasteiger partial charge is 0.467 e. The molecule has 0 spiro atoms. The van der Waals surface area contributed by atoms with Gasteiger partial charge >= 0.3 is 5.97 Å². The summed E-state index contributed by atoms with van der Waals surface area (Å²) in [6.07, 6.45) is 0.943. The molecule has 25 heavy (non-hydrogen) atoms. The van der Waals surface area contributed by atoms with Crippen LogP contribution in [-0.4, -0.2) is 44.0 Å². The molecule has 1 aromatic carbocycles. The van der Waals surface area contributed by atoms with Gasteiger partial charge in [0.2, 0.25) is 5.91 Å². The number of methoxy groups -OCH3 is 1. The van der Waals surface area contributed by atoms with Crippen LogP contribution >= 0.6 is 0 Å². The van der Waals surface area contributed by atoms with E-state index in [0.717, 1.165) is 7.11 Å². The molecule has 0 aromatic heterocycles. The first kappa shape index (κ1) is 17.3. The first-order valence-corrected chi connectivity index (χ1v) is 9.15. The fraction of sp³-hybridized carbons (Fsp3) is 0.353. The number of nitrogens with one attached hydrogen (secondary N) is 1. The van der Waals surface area contributed by atoms with Crippen LogP contribution in [0.15, 0.2) is 46.9 Å². The van der Waals surface area contributed by atoms with E-state index in [2.05, 4.69) is 10.1 Å². The molecule has 0 saturated carbocycles. The molecule has 1 N–H and O–H groups in total. The van der Waals surface area contributed by atoms with E-state index in [4.69, 9.17) is 0 Å². The summed E-state index contributed by atoms with van der Waals surface area (Å²) in [5.41, 5.74) is 0.113. The number of carbonyl (C=O) groups is 3. The maximum atomic E-state index is 13.4. The number of benzene rings is 1. The molecule has 0 radical (unpaired) electrons. The standard InChI is InChI=1S/C17H17NO6S/c1-10-8-11(19)9-13-14(15(20)24-2)18-16(21)17(10,13)25(22,23)12-6-4-3-5-7-12/h3-8,13-14H,9H2,1-2H3,(H,18,21)/t13-,14+,17+/m1/s1. The molecule has 3 rings (SSSR count). The van der Waals surface area contributed by atoms with Crippen LogP contribution in [-0.2, 0) is 29.0 Å². The maximum absolute atomic E-state index is 13.4. The number of carbonyl (C=O) groups excluding carboxylic acids is 3. The molecule has 1 heterocycles. The van der Waals surface area contributed by atoms with Crippen LogP contribution in [0.25, 0.3) is 0 Å². The third-order valence-corrected chi connectivity index (χ3v) is 7.42. The van der Waals surface area contributed by atoms with Crippen molar-refractivity contribution in [3.05, 3.63) is 42.0 Å². The van der Waals surface area contributed by atoms with Crippen LogP contribution in [0.1, 0.15) is 13.3 Å². The fourth-order valence-corrected chi connectivity index (χ4v) is 6.07. The Morgan fingerprint density at radius 2 is 1.88 bits per heavy atom. The molecule has 132 valence electrons. The minimum Gasteiger partial charge on any atom is -0.467 e. The Labute approximate surface area is 145 Å². The van der Waals surface area contributed by atoms with Gasteiger partial charge in [-0.1, -0.05) is 18.2 Å². The third-order valence-electron chi connectivity index (χ3n) is 4.87. The van der Waals surface area contributed by atoms with Gasteiger partial charge in [0.05, 0.1) is 12.0 Å². The number of amides is 1. The number of rotatable bonds is 3. The zero-order valence-corrected chi connectivity index (χ0v) is 14.5. The molecule has 1 fully saturated rings. The summed E-state index contributed by atoms with van der Waals surface area (Å²) in [5, 5.41) is 2.43. The van der Waals surface area contributed by atoms with Crippen molar-refractivity contribution in [2.75, 3.05) is 7.11 Å². The van der Waals surface area contributed by atoms with Crippen LogP contribution < -0.4 is 5.32 Å². The second kappa shape index (κ2) is 5.80. The van der Waals surface area contributed by atoms with Gasteiger partial charge in [-0.15, -0.1) is 0 Å². The number of hydrogen-bond acceptors (Lipinski definition) is 6. The monoisotopic (exact) mass is 363 g/mol. The minimum atomic E-state index is -4.20. The van der Waals surface area contributed by atoms with Crippen LogP contribution in [0, 0.1) is 5.92 Å². The Kier molecular flexibility index (Phi) is 4.03. The number of ketones is 1. The van der Waals surface area contributed by atoms with Gasteiger partial charge in [0.15, 0.2) is 20.4 Å². The summed E-state index contributed by atoms with van der Waals surface area (Å²) in [6.45, 7) is 1.43. The molecule has 1 aliphatic carbocycles. The smallest absolute Gasteiger partial charge is 0.328 e. The van der Waals surface area contributed by atoms with Gasteiger partial charge in [-0.3, -0.25) is 9.59 Å². The second-order valence-corrected chi connectivity index (χ2v) is 8.25. The van der Waals surface area contributed by atoms with Crippen molar-refractivity contribution in [2.45, 2.75) is 29.0 Å². The Morgan fingerprint density at radius 3 is 2.48 bits per heavy atom. The van der Waals surface area contributed by atoms with Gasteiger partial charge in [-0.25, -0.2) is 13.2 Å². The van der Waals surface area contributed by atoms with Crippen LogP contribution in [0.5, 0.6) is 0 Å². The molecule has 1 aromatic rings. The van der Waals surface area contributed by atoms with Gasteiger partial charge < -0.3 is 10.1 Å². The Bertz CT molecular complexity index is 889. The highest BCUT2D eigenvalue weighted by molar-refractivity contribution is 7.94. The van der Waals surface area contributed by atoms with Crippen molar-refractivity contribution in [3.63, 3.8) is 0 Å². The summed E-state index contributed by atoms with van der Waals surface area (Å²) in [4.78, 5) is 36.9. The number of ether oxygens (including phenoxy) is 1. The normalized spacial score (nSPS) is 28.8. The first-order chi connectivity index (χ1) is 11.8. The maximum Gasteiger partial charge on any atom is 0.328 e. The number of hydrogen-bond donors (Lipinski definition) is 1. The summed E-state index contributed by atoms with van der Waals surface area (Å²) in [5.74, 6) is -2.97. The molecule has 0 bridgehead atoms. The van der Waals surface area contributed by atoms with Crippen LogP contribution in [0.4, 0.5) is 0 Å². The van der Waals surface area contributed by atoms with Crippen molar-refractivity contribution >= 4 is 27.5 Å². The van der Waals surface area contributed by atoms with Crippen molar-refractivity contribution in [1.29, 1.82) is 0 Å². The number of sulfone groups is 1. The van der Waals surface area contributed by atoms with Crippen molar-refractivity contribution in [1.82, 2.24) is 5.32 Å². The lowest BCUT2D eigenvalue weighted by Crippen LogP contribution is -2.53. The van der Waals surface area contributed by atoms with E-state index < -0.39 is 38.4 Å². The zero-order chi connectivity index (χ0) is 18.4. The molecule has 0 unspecified atom stereocenters. The molecular formula is C17H17NO6S. The average Bonchev–Trinajstić information content (AvgIpc) is 2.89.